The van der Waals surface area contributed by atoms with Crippen molar-refractivity contribution in [3.8, 4) is 0 Å². The van der Waals surface area contributed by atoms with Crippen LogP contribution in [0.2, 0.25) is 0 Å². The molecule has 0 radical (unpaired) electrons. The third-order valence-corrected chi connectivity index (χ3v) is 2.31. The summed E-state index contributed by atoms with van der Waals surface area (Å²) in [7, 11) is 0. The molecule has 7 heavy (non-hydrogen) atoms. The van der Waals surface area contributed by atoms with E-state index in [1.54, 1.807) is 11.3 Å². The van der Waals surface area contributed by atoms with E-state index in [4.69, 9.17) is 0 Å². The quantitative estimate of drug-likeness (QED) is 0.512. The van der Waals surface area contributed by atoms with Crippen LogP contribution in [0.5, 0.6) is 0 Å². The molecule has 0 N–H and O–H groups in total. The lowest BCUT2D eigenvalue weighted by atomic mass is 10.5. The summed E-state index contributed by atoms with van der Waals surface area (Å²) in [4.78, 5) is 2.40. The highest BCUT2D eigenvalue weighted by atomic mass is 32.1. The average Bonchev–Trinajstić information content (AvgIpc) is 1.91. The molecule has 0 amide bonds. The highest BCUT2D eigenvalue weighted by Crippen LogP contribution is 2.17. The van der Waals surface area contributed by atoms with Gasteiger partial charge in [-0.3, -0.25) is 0 Å². The van der Waals surface area contributed by atoms with Gasteiger partial charge in [0.15, 0.2) is 0 Å². The van der Waals surface area contributed by atoms with Crippen molar-refractivity contribution in [3.63, 3.8) is 0 Å². The lowest BCUT2D eigenvalue weighted by Crippen LogP contribution is -1.54. The van der Waals surface area contributed by atoms with E-state index in [2.05, 4.69) is 19.6 Å². The van der Waals surface area contributed by atoms with Crippen molar-refractivity contribution in [2.45, 2.75) is 11.8 Å². The summed E-state index contributed by atoms with van der Waals surface area (Å²) in [5, 5.41) is 2.04. The molecule has 0 aliphatic carbocycles. The topological polar surface area (TPSA) is 0 Å². The maximum Gasteiger partial charge on any atom is 0.0177 e. The second-order valence-corrected chi connectivity index (χ2v) is 2.96. The molecular weight excluding hydrogens is 124 g/mol. The molecule has 2 heteroatoms. The number of rotatable bonds is 0. The van der Waals surface area contributed by atoms with Crippen molar-refractivity contribution in [2.75, 3.05) is 0 Å². The first-order valence-corrected chi connectivity index (χ1v) is 3.36. The molecule has 1 aromatic heterocycles. The summed E-state index contributed by atoms with van der Waals surface area (Å²) in [6.45, 7) is 2.06. The molecule has 0 nitrogen and oxygen atoms in total. The van der Waals surface area contributed by atoms with Crippen molar-refractivity contribution in [3.05, 3.63) is 16.3 Å². The Kier molecular flexibility index (Phi) is 1.40. The summed E-state index contributed by atoms with van der Waals surface area (Å²) in [5.41, 5.74) is 0. The van der Waals surface area contributed by atoms with Gasteiger partial charge in [-0.15, -0.1) is 24.0 Å². The van der Waals surface area contributed by atoms with Crippen LogP contribution in [-0.2, 0) is 0 Å². The van der Waals surface area contributed by atoms with Gasteiger partial charge >= 0.3 is 0 Å². The molecule has 38 valence electrons. The van der Waals surface area contributed by atoms with Gasteiger partial charge < -0.3 is 0 Å². The van der Waals surface area contributed by atoms with Crippen LogP contribution in [-0.4, -0.2) is 0 Å². The van der Waals surface area contributed by atoms with Gasteiger partial charge in [-0.25, -0.2) is 0 Å². The molecule has 0 aliphatic rings. The van der Waals surface area contributed by atoms with Gasteiger partial charge in [-0.1, -0.05) is 0 Å². The Morgan fingerprint density at radius 1 is 1.71 bits per heavy atom. The van der Waals surface area contributed by atoms with Crippen LogP contribution in [0.25, 0.3) is 0 Å². The van der Waals surface area contributed by atoms with Gasteiger partial charge in [0.05, 0.1) is 0 Å². The minimum Gasteiger partial charge on any atom is -0.148 e. The van der Waals surface area contributed by atoms with Crippen LogP contribution in [0.4, 0.5) is 0 Å². The first-order chi connectivity index (χ1) is 3.30. The molecule has 0 saturated carbocycles. The number of thiophene rings is 1. The van der Waals surface area contributed by atoms with E-state index in [9.17, 15) is 0 Å². The number of thiol groups is 1. The largest absolute Gasteiger partial charge is 0.148 e. The van der Waals surface area contributed by atoms with Crippen LogP contribution in [0.3, 0.4) is 0 Å². The molecule has 1 aromatic rings. The minimum atomic E-state index is 1.10. The summed E-state index contributed by atoms with van der Waals surface area (Å²) >= 11 is 5.89. The first kappa shape index (κ1) is 5.19. The van der Waals surface area contributed by atoms with Crippen molar-refractivity contribution in [1.82, 2.24) is 0 Å². The SMILES string of the molecule is Cc1sccc1S. The Morgan fingerprint density at radius 2 is 2.43 bits per heavy atom. The monoisotopic (exact) mass is 130 g/mol. The molecule has 0 aliphatic heterocycles. The standard InChI is InChI=1S/C5H6S2/c1-4-5(6)2-3-7-4/h2-3,6H,1H3. The van der Waals surface area contributed by atoms with Crippen LogP contribution in [0, 0.1) is 6.92 Å². The molecular formula is C5H6S2. The Hall–Kier alpha value is 0.0500. The van der Waals surface area contributed by atoms with Gasteiger partial charge in [0, 0.05) is 9.77 Å². The van der Waals surface area contributed by atoms with Crippen LogP contribution < -0.4 is 0 Å². The van der Waals surface area contributed by atoms with Gasteiger partial charge in [-0.05, 0) is 18.4 Å². The highest BCUT2D eigenvalue weighted by molar-refractivity contribution is 7.80. The first-order valence-electron chi connectivity index (χ1n) is 2.04. The third kappa shape index (κ3) is 0.983. The van der Waals surface area contributed by atoms with E-state index in [0.717, 1.165) is 4.90 Å². The molecule has 0 aromatic carbocycles. The fourth-order valence-corrected chi connectivity index (χ4v) is 1.31. The number of aryl methyl sites for hydroxylation is 1. The van der Waals surface area contributed by atoms with Gasteiger partial charge in [0.2, 0.25) is 0 Å². The predicted octanol–water partition coefficient (Wildman–Crippen LogP) is 2.35. The van der Waals surface area contributed by atoms with Crippen molar-refractivity contribution in [2.24, 2.45) is 0 Å². The smallest absolute Gasteiger partial charge is 0.0177 e. The van der Waals surface area contributed by atoms with Crippen molar-refractivity contribution >= 4 is 24.0 Å². The summed E-state index contributed by atoms with van der Waals surface area (Å²) in [5.74, 6) is 0. The van der Waals surface area contributed by atoms with Gasteiger partial charge in [0.25, 0.3) is 0 Å². The molecule has 1 rings (SSSR count). The zero-order chi connectivity index (χ0) is 5.28. The minimum absolute atomic E-state index is 1.10. The Bertz CT molecular complexity index is 138. The maximum absolute atomic E-state index is 4.16. The van der Waals surface area contributed by atoms with E-state index in [0.29, 0.717) is 0 Å². The number of hydrogen-bond donors (Lipinski definition) is 1. The van der Waals surface area contributed by atoms with Crippen LogP contribution in [0.15, 0.2) is 16.3 Å². The second kappa shape index (κ2) is 1.88. The van der Waals surface area contributed by atoms with Crippen molar-refractivity contribution < 1.29 is 0 Å². The van der Waals surface area contributed by atoms with E-state index in [1.165, 1.54) is 4.88 Å². The molecule has 1 heterocycles. The van der Waals surface area contributed by atoms with Crippen LogP contribution >= 0.6 is 24.0 Å². The lowest BCUT2D eigenvalue weighted by Gasteiger charge is -1.78. The van der Waals surface area contributed by atoms with Crippen molar-refractivity contribution in [1.29, 1.82) is 0 Å². The zero-order valence-corrected chi connectivity index (χ0v) is 5.72. The Balaban J connectivity index is 3.12. The third-order valence-electron chi connectivity index (χ3n) is 0.831. The molecule has 0 saturated heterocycles. The predicted molar refractivity (Wildman–Crippen MR) is 36.3 cm³/mol. The molecule has 0 spiro atoms. The average molecular weight is 130 g/mol. The molecule has 0 unspecified atom stereocenters. The molecule has 0 bridgehead atoms. The Labute approximate surface area is 52.6 Å². The number of hydrogen-bond acceptors (Lipinski definition) is 2. The maximum atomic E-state index is 4.16. The fraction of sp³-hybridized carbons (Fsp3) is 0.200. The van der Waals surface area contributed by atoms with Gasteiger partial charge in [0.1, 0.15) is 0 Å². The summed E-state index contributed by atoms with van der Waals surface area (Å²) < 4.78 is 0. The molecule has 0 atom stereocenters. The fourth-order valence-electron chi connectivity index (χ4n) is 0.378. The summed E-state index contributed by atoms with van der Waals surface area (Å²) in [6.07, 6.45) is 0. The van der Waals surface area contributed by atoms with E-state index in [-0.39, 0.29) is 0 Å². The van der Waals surface area contributed by atoms with Gasteiger partial charge in [-0.2, -0.15) is 0 Å². The highest BCUT2D eigenvalue weighted by Gasteiger charge is 1.88. The zero-order valence-electron chi connectivity index (χ0n) is 4.01. The summed E-state index contributed by atoms with van der Waals surface area (Å²) in [6, 6.07) is 2.00. The molecule has 0 fully saturated rings. The van der Waals surface area contributed by atoms with E-state index >= 15 is 0 Å². The Morgan fingerprint density at radius 3 is 2.57 bits per heavy atom. The van der Waals surface area contributed by atoms with Crippen LogP contribution in [0.1, 0.15) is 4.88 Å². The van der Waals surface area contributed by atoms with E-state index in [1.807, 2.05) is 11.4 Å². The van der Waals surface area contributed by atoms with E-state index < -0.39 is 0 Å². The lowest BCUT2D eigenvalue weighted by molar-refractivity contribution is 1.44. The second-order valence-electron chi connectivity index (χ2n) is 1.36. The normalized spacial score (nSPS) is 9.43.